The fourth-order valence-electron chi connectivity index (χ4n) is 4.83. The lowest BCUT2D eigenvalue weighted by molar-refractivity contribution is -0.153. The van der Waals surface area contributed by atoms with E-state index in [4.69, 9.17) is 4.74 Å². The summed E-state index contributed by atoms with van der Waals surface area (Å²) in [5, 5.41) is 6.94. The van der Waals surface area contributed by atoms with Gasteiger partial charge in [0.2, 0.25) is 11.8 Å². The van der Waals surface area contributed by atoms with E-state index in [0.717, 1.165) is 50.2 Å². The number of benzene rings is 1. The van der Waals surface area contributed by atoms with E-state index in [9.17, 15) is 9.59 Å². The summed E-state index contributed by atoms with van der Waals surface area (Å²) in [4.78, 5) is 26.4. The Hall–Kier alpha value is -2.08. The van der Waals surface area contributed by atoms with Crippen molar-refractivity contribution in [2.24, 2.45) is 5.41 Å². The van der Waals surface area contributed by atoms with E-state index in [2.05, 4.69) is 10.6 Å². The molecule has 2 fully saturated rings. The predicted molar refractivity (Wildman–Crippen MR) is 108 cm³/mol. The van der Waals surface area contributed by atoms with Crippen LogP contribution in [-0.2, 0) is 9.59 Å². The Morgan fingerprint density at radius 1 is 1.11 bits per heavy atom. The van der Waals surface area contributed by atoms with Gasteiger partial charge in [0, 0.05) is 25.9 Å². The van der Waals surface area contributed by atoms with E-state index < -0.39 is 0 Å². The highest BCUT2D eigenvalue weighted by Gasteiger charge is 2.44. The van der Waals surface area contributed by atoms with E-state index in [1.807, 2.05) is 24.3 Å². The van der Waals surface area contributed by atoms with Gasteiger partial charge in [0.15, 0.2) is 0 Å². The van der Waals surface area contributed by atoms with Crippen molar-refractivity contribution in [2.45, 2.75) is 57.4 Å². The summed E-state index contributed by atoms with van der Waals surface area (Å²) in [5.41, 5.74) is 1.04. The molecule has 1 unspecified atom stereocenters. The summed E-state index contributed by atoms with van der Waals surface area (Å²) in [7, 11) is 0. The fourth-order valence-corrected chi connectivity index (χ4v) is 4.83. The first-order valence-electron chi connectivity index (χ1n) is 10.7. The van der Waals surface area contributed by atoms with Crippen molar-refractivity contribution >= 4 is 17.5 Å². The molecule has 6 nitrogen and oxygen atoms in total. The normalized spacial score (nSPS) is 23.4. The number of imide groups is 1. The molecule has 6 heteroatoms. The van der Waals surface area contributed by atoms with Crippen molar-refractivity contribution in [3.05, 3.63) is 24.3 Å². The lowest BCUT2D eigenvalue weighted by Crippen LogP contribution is -2.47. The van der Waals surface area contributed by atoms with Crippen molar-refractivity contribution in [3.8, 4) is 5.75 Å². The number of anilines is 1. The molecule has 1 spiro atoms. The Kier molecular flexibility index (Phi) is 5.85. The molecule has 28 heavy (non-hydrogen) atoms. The van der Waals surface area contributed by atoms with Gasteiger partial charge >= 0.3 is 0 Å². The number of unbranched alkanes of at least 4 members (excludes halogenated alkanes) is 1. The maximum absolute atomic E-state index is 12.5. The van der Waals surface area contributed by atoms with E-state index in [1.165, 1.54) is 17.7 Å². The van der Waals surface area contributed by atoms with E-state index >= 15 is 0 Å². The van der Waals surface area contributed by atoms with Crippen molar-refractivity contribution in [2.75, 3.05) is 31.6 Å². The molecule has 2 N–H and O–H groups in total. The van der Waals surface area contributed by atoms with Gasteiger partial charge < -0.3 is 15.4 Å². The van der Waals surface area contributed by atoms with Crippen LogP contribution in [0.3, 0.4) is 0 Å². The Morgan fingerprint density at radius 2 is 1.86 bits per heavy atom. The van der Waals surface area contributed by atoms with Gasteiger partial charge in [0.25, 0.3) is 0 Å². The third-order valence-corrected chi connectivity index (χ3v) is 6.38. The summed E-state index contributed by atoms with van der Waals surface area (Å²) >= 11 is 0. The number of nitrogens with zero attached hydrogens (tertiary/aromatic N) is 1. The number of piperidine rings is 1. The first kappa shape index (κ1) is 19.2. The molecule has 1 saturated carbocycles. The third kappa shape index (κ3) is 4.32. The number of para-hydroxylation sites is 2. The molecule has 1 saturated heterocycles. The van der Waals surface area contributed by atoms with Gasteiger partial charge in [-0.15, -0.1) is 0 Å². The molecule has 2 amide bonds. The zero-order chi connectivity index (χ0) is 19.4. The molecule has 3 aliphatic rings. The summed E-state index contributed by atoms with van der Waals surface area (Å²) in [6, 6.07) is 8.24. The number of likely N-dealkylation sites (tertiary alicyclic amines) is 1. The number of carbonyl (C=O) groups excluding carboxylic acids is 2. The van der Waals surface area contributed by atoms with Crippen molar-refractivity contribution in [3.63, 3.8) is 0 Å². The van der Waals surface area contributed by atoms with E-state index in [0.29, 0.717) is 26.0 Å². The molecule has 0 bridgehead atoms. The van der Waals surface area contributed by atoms with Crippen LogP contribution in [0.25, 0.3) is 0 Å². The SMILES string of the molecule is O=C1CC2(CCCC2)CC(=O)N1CCCCNCC1COc2ccccc2N1. The quantitative estimate of drug-likeness (QED) is 0.558. The lowest BCUT2D eigenvalue weighted by Gasteiger charge is -2.37. The molecule has 0 aromatic heterocycles. The van der Waals surface area contributed by atoms with Gasteiger partial charge in [-0.25, -0.2) is 0 Å². The van der Waals surface area contributed by atoms with Crippen LogP contribution >= 0.6 is 0 Å². The molecule has 1 aromatic carbocycles. The summed E-state index contributed by atoms with van der Waals surface area (Å²) < 4.78 is 5.77. The Balaban J connectivity index is 1.12. The number of hydrogen-bond acceptors (Lipinski definition) is 5. The van der Waals surface area contributed by atoms with Gasteiger partial charge in [-0.2, -0.15) is 0 Å². The van der Waals surface area contributed by atoms with Crippen LogP contribution in [0.15, 0.2) is 24.3 Å². The summed E-state index contributed by atoms with van der Waals surface area (Å²) in [6.07, 6.45) is 7.38. The average Bonchev–Trinajstić information content (AvgIpc) is 3.13. The minimum Gasteiger partial charge on any atom is -0.489 e. The molecule has 152 valence electrons. The number of carbonyl (C=O) groups is 2. The van der Waals surface area contributed by atoms with E-state index in [1.54, 1.807) is 0 Å². The molecule has 4 rings (SSSR count). The van der Waals surface area contributed by atoms with Gasteiger partial charge in [-0.1, -0.05) is 25.0 Å². The van der Waals surface area contributed by atoms with Gasteiger partial charge in [-0.3, -0.25) is 14.5 Å². The molecule has 1 atom stereocenters. The molecule has 1 aromatic rings. The Bertz CT molecular complexity index is 695. The number of nitrogens with one attached hydrogen (secondary N) is 2. The number of fused-ring (bicyclic) bond motifs is 1. The van der Waals surface area contributed by atoms with Crippen LogP contribution in [0.2, 0.25) is 0 Å². The van der Waals surface area contributed by atoms with Gasteiger partial charge in [0.05, 0.1) is 11.7 Å². The zero-order valence-electron chi connectivity index (χ0n) is 16.5. The molecular formula is C22H31N3O3. The van der Waals surface area contributed by atoms with Crippen molar-refractivity contribution < 1.29 is 14.3 Å². The monoisotopic (exact) mass is 385 g/mol. The number of hydrogen-bond donors (Lipinski definition) is 2. The van der Waals surface area contributed by atoms with Crippen LogP contribution < -0.4 is 15.4 Å². The van der Waals surface area contributed by atoms with Crippen LogP contribution in [0.5, 0.6) is 5.75 Å². The molecule has 0 radical (unpaired) electrons. The maximum atomic E-state index is 12.5. The minimum atomic E-state index is -0.0000912. The van der Waals surface area contributed by atoms with Gasteiger partial charge in [-0.05, 0) is 49.8 Å². The molecule has 2 aliphatic heterocycles. The van der Waals surface area contributed by atoms with Gasteiger partial charge in [0.1, 0.15) is 12.4 Å². The van der Waals surface area contributed by atoms with Crippen molar-refractivity contribution in [1.29, 1.82) is 0 Å². The molecule has 2 heterocycles. The zero-order valence-corrected chi connectivity index (χ0v) is 16.5. The largest absolute Gasteiger partial charge is 0.489 e. The topological polar surface area (TPSA) is 70.7 Å². The highest BCUT2D eigenvalue weighted by atomic mass is 16.5. The smallest absolute Gasteiger partial charge is 0.229 e. The molecule has 1 aliphatic carbocycles. The standard InChI is InChI=1S/C22H31N3O3/c26-20-13-22(9-3-4-10-22)14-21(27)25(20)12-6-5-11-23-15-17-16-28-19-8-2-1-7-18(19)24-17/h1-2,7-8,17,23-24H,3-6,9-16H2. The maximum Gasteiger partial charge on any atom is 0.229 e. The molecular weight excluding hydrogens is 354 g/mol. The van der Waals surface area contributed by atoms with Crippen LogP contribution in [0, 0.1) is 5.41 Å². The minimum absolute atomic E-state index is 0.0000912. The number of rotatable bonds is 7. The first-order valence-corrected chi connectivity index (χ1v) is 10.7. The second-order valence-corrected chi connectivity index (χ2v) is 8.56. The average molecular weight is 386 g/mol. The second-order valence-electron chi connectivity index (χ2n) is 8.56. The summed E-state index contributed by atoms with van der Waals surface area (Å²) in [5.74, 6) is 1.01. The Labute approximate surface area is 167 Å². The highest BCUT2D eigenvalue weighted by molar-refractivity contribution is 5.98. The van der Waals surface area contributed by atoms with Crippen molar-refractivity contribution in [1.82, 2.24) is 10.2 Å². The number of ether oxygens (including phenoxy) is 1. The Morgan fingerprint density at radius 3 is 2.64 bits per heavy atom. The fraction of sp³-hybridized carbons (Fsp3) is 0.636. The first-order chi connectivity index (χ1) is 13.7. The third-order valence-electron chi connectivity index (χ3n) is 6.38. The van der Waals surface area contributed by atoms with E-state index in [-0.39, 0.29) is 23.3 Å². The van der Waals surface area contributed by atoms with Crippen LogP contribution in [0.1, 0.15) is 51.4 Å². The highest BCUT2D eigenvalue weighted by Crippen LogP contribution is 2.46. The predicted octanol–water partition coefficient (Wildman–Crippen LogP) is 2.94. The summed E-state index contributed by atoms with van der Waals surface area (Å²) in [6.45, 7) is 2.93. The second kappa shape index (κ2) is 8.52. The van der Waals surface area contributed by atoms with Crippen LogP contribution in [-0.4, -0.2) is 49.0 Å². The van der Waals surface area contributed by atoms with Crippen LogP contribution in [0.4, 0.5) is 5.69 Å². The lowest BCUT2D eigenvalue weighted by atomic mass is 9.76. The number of amides is 2.